The predicted octanol–water partition coefficient (Wildman–Crippen LogP) is 4.01. The molecule has 0 fully saturated rings. The summed E-state index contributed by atoms with van der Waals surface area (Å²) in [5, 5.41) is 9.06. The number of aliphatic hydroxyl groups is 1. The van der Waals surface area contributed by atoms with Gasteiger partial charge in [-0.15, -0.1) is 0 Å². The molecular weight excluding hydrogens is 283 g/mol. The SMILES string of the molecule is OCc1ccc2oc(-c3ccc(C(F)(F)F)cc3)nc2c1. The summed E-state index contributed by atoms with van der Waals surface area (Å²) in [6.45, 7) is -0.113. The highest BCUT2D eigenvalue weighted by Crippen LogP contribution is 2.31. The molecule has 3 rings (SSSR count). The largest absolute Gasteiger partial charge is 0.436 e. The Labute approximate surface area is 117 Å². The van der Waals surface area contributed by atoms with Crippen LogP contribution < -0.4 is 0 Å². The van der Waals surface area contributed by atoms with E-state index < -0.39 is 11.7 Å². The summed E-state index contributed by atoms with van der Waals surface area (Å²) in [6, 6.07) is 9.66. The number of aliphatic hydroxyl groups excluding tert-OH is 1. The number of rotatable bonds is 2. The molecule has 21 heavy (non-hydrogen) atoms. The highest BCUT2D eigenvalue weighted by molar-refractivity contribution is 5.76. The van der Waals surface area contributed by atoms with Crippen LogP contribution in [0.1, 0.15) is 11.1 Å². The van der Waals surface area contributed by atoms with Gasteiger partial charge in [0.2, 0.25) is 5.89 Å². The van der Waals surface area contributed by atoms with Crippen molar-refractivity contribution in [2.75, 3.05) is 0 Å². The van der Waals surface area contributed by atoms with Crippen molar-refractivity contribution < 1.29 is 22.7 Å². The molecule has 3 nitrogen and oxygen atoms in total. The van der Waals surface area contributed by atoms with Crippen molar-refractivity contribution in [1.29, 1.82) is 0 Å². The minimum Gasteiger partial charge on any atom is -0.436 e. The maximum atomic E-state index is 12.5. The van der Waals surface area contributed by atoms with Crippen LogP contribution in [0.2, 0.25) is 0 Å². The van der Waals surface area contributed by atoms with Gasteiger partial charge in [0.25, 0.3) is 0 Å². The van der Waals surface area contributed by atoms with E-state index in [0.717, 1.165) is 12.1 Å². The minimum absolute atomic E-state index is 0.113. The molecule has 3 aromatic rings. The van der Waals surface area contributed by atoms with E-state index in [0.29, 0.717) is 22.2 Å². The van der Waals surface area contributed by atoms with Crippen LogP contribution in [0, 0.1) is 0 Å². The molecule has 1 N–H and O–H groups in total. The third kappa shape index (κ3) is 2.62. The summed E-state index contributed by atoms with van der Waals surface area (Å²) in [4.78, 5) is 4.22. The first-order chi connectivity index (χ1) is 9.97. The Morgan fingerprint density at radius 3 is 2.38 bits per heavy atom. The summed E-state index contributed by atoms with van der Waals surface area (Å²) in [7, 11) is 0. The predicted molar refractivity (Wildman–Crippen MR) is 70.4 cm³/mol. The molecule has 0 saturated carbocycles. The van der Waals surface area contributed by atoms with E-state index in [1.54, 1.807) is 18.2 Å². The second-order valence-corrected chi connectivity index (χ2v) is 4.55. The third-order valence-corrected chi connectivity index (χ3v) is 3.09. The molecule has 0 atom stereocenters. The van der Waals surface area contributed by atoms with Crippen LogP contribution in [0.3, 0.4) is 0 Å². The molecule has 0 bridgehead atoms. The number of hydrogen-bond acceptors (Lipinski definition) is 3. The maximum absolute atomic E-state index is 12.5. The highest BCUT2D eigenvalue weighted by Gasteiger charge is 2.30. The van der Waals surface area contributed by atoms with E-state index in [9.17, 15) is 13.2 Å². The summed E-state index contributed by atoms with van der Waals surface area (Å²) in [5.74, 6) is 0.244. The van der Waals surface area contributed by atoms with Gasteiger partial charge in [-0.05, 0) is 42.0 Å². The van der Waals surface area contributed by atoms with Crippen molar-refractivity contribution in [1.82, 2.24) is 4.98 Å². The summed E-state index contributed by atoms with van der Waals surface area (Å²) in [5.41, 5.74) is 1.50. The van der Waals surface area contributed by atoms with Gasteiger partial charge >= 0.3 is 6.18 Å². The van der Waals surface area contributed by atoms with Gasteiger partial charge in [0.1, 0.15) is 5.52 Å². The van der Waals surface area contributed by atoms with E-state index in [2.05, 4.69) is 4.98 Å². The van der Waals surface area contributed by atoms with Crippen molar-refractivity contribution in [3.05, 3.63) is 53.6 Å². The maximum Gasteiger partial charge on any atom is 0.416 e. The van der Waals surface area contributed by atoms with E-state index in [1.807, 2.05) is 0 Å². The lowest BCUT2D eigenvalue weighted by molar-refractivity contribution is -0.137. The van der Waals surface area contributed by atoms with Gasteiger partial charge in [-0.3, -0.25) is 0 Å². The Morgan fingerprint density at radius 2 is 1.76 bits per heavy atom. The molecule has 6 heteroatoms. The molecule has 0 aliphatic carbocycles. The number of halogens is 3. The molecule has 0 aliphatic rings. The van der Waals surface area contributed by atoms with Gasteiger partial charge in [-0.1, -0.05) is 6.07 Å². The van der Waals surface area contributed by atoms with E-state index >= 15 is 0 Å². The molecule has 1 heterocycles. The van der Waals surface area contributed by atoms with Crippen LogP contribution in [-0.4, -0.2) is 10.1 Å². The second kappa shape index (κ2) is 4.89. The van der Waals surface area contributed by atoms with Crippen molar-refractivity contribution in [3.8, 4) is 11.5 Å². The summed E-state index contributed by atoms with van der Waals surface area (Å²) < 4.78 is 43.0. The lowest BCUT2D eigenvalue weighted by atomic mass is 10.1. The first-order valence-corrected chi connectivity index (χ1v) is 6.15. The molecule has 0 radical (unpaired) electrons. The number of alkyl halides is 3. The second-order valence-electron chi connectivity index (χ2n) is 4.55. The van der Waals surface area contributed by atoms with Crippen molar-refractivity contribution in [2.45, 2.75) is 12.8 Å². The standard InChI is InChI=1S/C15H10F3NO2/c16-15(17,18)11-4-2-10(3-5-11)14-19-12-7-9(8-20)1-6-13(12)21-14/h1-7,20H,8H2. The van der Waals surface area contributed by atoms with Crippen molar-refractivity contribution in [2.24, 2.45) is 0 Å². The first-order valence-electron chi connectivity index (χ1n) is 6.15. The van der Waals surface area contributed by atoms with Crippen LogP contribution in [0.5, 0.6) is 0 Å². The molecule has 0 spiro atoms. The first kappa shape index (κ1) is 13.6. The van der Waals surface area contributed by atoms with Gasteiger partial charge in [0.05, 0.1) is 12.2 Å². The van der Waals surface area contributed by atoms with Gasteiger partial charge < -0.3 is 9.52 Å². The van der Waals surface area contributed by atoms with E-state index in [1.165, 1.54) is 12.1 Å². The quantitative estimate of drug-likeness (QED) is 0.776. The number of nitrogens with zero attached hydrogens (tertiary/aromatic N) is 1. The molecule has 2 aromatic carbocycles. The summed E-state index contributed by atoms with van der Waals surface area (Å²) >= 11 is 0. The Hall–Kier alpha value is -2.34. The fourth-order valence-corrected chi connectivity index (χ4v) is 2.00. The van der Waals surface area contributed by atoms with Gasteiger partial charge in [-0.2, -0.15) is 13.2 Å². The van der Waals surface area contributed by atoms with Crippen LogP contribution >= 0.6 is 0 Å². The normalized spacial score (nSPS) is 12.0. The van der Waals surface area contributed by atoms with E-state index in [4.69, 9.17) is 9.52 Å². The van der Waals surface area contributed by atoms with Crippen LogP contribution in [-0.2, 0) is 12.8 Å². The highest BCUT2D eigenvalue weighted by atomic mass is 19.4. The number of aromatic nitrogens is 1. The van der Waals surface area contributed by atoms with Gasteiger partial charge in [-0.25, -0.2) is 4.98 Å². The summed E-state index contributed by atoms with van der Waals surface area (Å²) in [6.07, 6.45) is -4.37. The van der Waals surface area contributed by atoms with Crippen molar-refractivity contribution in [3.63, 3.8) is 0 Å². The third-order valence-electron chi connectivity index (χ3n) is 3.09. The molecule has 1 aromatic heterocycles. The Balaban J connectivity index is 2.00. The average molecular weight is 293 g/mol. The number of fused-ring (bicyclic) bond motifs is 1. The average Bonchev–Trinajstić information content (AvgIpc) is 2.89. The minimum atomic E-state index is -4.37. The molecule has 0 aliphatic heterocycles. The molecular formula is C15H10F3NO2. The van der Waals surface area contributed by atoms with Crippen LogP contribution in [0.4, 0.5) is 13.2 Å². The fourth-order valence-electron chi connectivity index (χ4n) is 2.00. The van der Waals surface area contributed by atoms with Gasteiger partial charge in [0, 0.05) is 5.56 Å². The number of benzene rings is 2. The zero-order valence-corrected chi connectivity index (χ0v) is 10.7. The lowest BCUT2D eigenvalue weighted by Gasteiger charge is -2.05. The van der Waals surface area contributed by atoms with Crippen molar-refractivity contribution >= 4 is 11.1 Å². The molecule has 0 unspecified atom stereocenters. The van der Waals surface area contributed by atoms with Crippen LogP contribution in [0.15, 0.2) is 46.9 Å². The van der Waals surface area contributed by atoms with Crippen LogP contribution in [0.25, 0.3) is 22.6 Å². The lowest BCUT2D eigenvalue weighted by Crippen LogP contribution is -2.03. The Morgan fingerprint density at radius 1 is 1.05 bits per heavy atom. The van der Waals surface area contributed by atoms with E-state index in [-0.39, 0.29) is 12.5 Å². The molecule has 108 valence electrons. The smallest absolute Gasteiger partial charge is 0.416 e. The molecule has 0 amide bonds. The van der Waals surface area contributed by atoms with Gasteiger partial charge in [0.15, 0.2) is 5.58 Å². The zero-order valence-electron chi connectivity index (χ0n) is 10.7. The monoisotopic (exact) mass is 293 g/mol. The topological polar surface area (TPSA) is 46.3 Å². The Bertz CT molecular complexity index is 776. The number of hydrogen-bond donors (Lipinski definition) is 1. The zero-order chi connectivity index (χ0) is 15.0. The number of oxazole rings is 1. The fraction of sp³-hybridized carbons (Fsp3) is 0.133. The molecule has 0 saturated heterocycles. The Kier molecular flexibility index (Phi) is 3.17.